The second-order valence-electron chi connectivity index (χ2n) is 5.02. The van der Waals surface area contributed by atoms with Crippen LogP contribution in [-0.4, -0.2) is 43.6 Å². The fourth-order valence-electron chi connectivity index (χ4n) is 2.49. The van der Waals surface area contributed by atoms with Gasteiger partial charge in [-0.15, -0.1) is 0 Å². The Morgan fingerprint density at radius 1 is 1.19 bits per heavy atom. The summed E-state index contributed by atoms with van der Waals surface area (Å²) in [6.07, 6.45) is 2.49. The highest BCUT2D eigenvalue weighted by atomic mass is 16.5. The first-order chi connectivity index (χ1) is 10.4. The van der Waals surface area contributed by atoms with E-state index >= 15 is 0 Å². The quantitative estimate of drug-likeness (QED) is 0.763. The molecule has 0 spiro atoms. The van der Waals surface area contributed by atoms with Gasteiger partial charge in [0.05, 0.1) is 6.61 Å². The maximum atomic E-state index is 5.39. The lowest BCUT2D eigenvalue weighted by Gasteiger charge is -2.01. The highest BCUT2D eigenvalue weighted by molar-refractivity contribution is 5.65. The molecule has 1 aromatic carbocycles. The van der Waals surface area contributed by atoms with E-state index in [1.807, 2.05) is 24.3 Å². The first kappa shape index (κ1) is 12.2. The van der Waals surface area contributed by atoms with Crippen molar-refractivity contribution in [3.63, 3.8) is 0 Å². The zero-order chi connectivity index (χ0) is 14.1. The van der Waals surface area contributed by atoms with Gasteiger partial charge in [-0.2, -0.15) is 10.2 Å². The summed E-state index contributed by atoms with van der Waals surface area (Å²) in [5.41, 5.74) is 1.91. The summed E-state index contributed by atoms with van der Waals surface area (Å²) >= 11 is 0. The van der Waals surface area contributed by atoms with Crippen LogP contribution in [0.1, 0.15) is 18.2 Å². The summed E-state index contributed by atoms with van der Waals surface area (Å²) in [5, 5.41) is 14.1. The lowest BCUT2D eigenvalue weighted by Crippen LogP contribution is -1.99. The van der Waals surface area contributed by atoms with Gasteiger partial charge in [-0.1, -0.05) is 18.2 Å². The van der Waals surface area contributed by atoms with Crippen molar-refractivity contribution in [3.05, 3.63) is 36.4 Å². The largest absolute Gasteiger partial charge is 0.381 e. The zero-order valence-electron chi connectivity index (χ0n) is 11.3. The molecule has 0 saturated carbocycles. The number of nitrogens with one attached hydrogen (secondary N) is 2. The van der Waals surface area contributed by atoms with E-state index in [1.54, 1.807) is 0 Å². The van der Waals surface area contributed by atoms with Crippen LogP contribution in [0.15, 0.2) is 30.6 Å². The topological polar surface area (TPSA) is 92.4 Å². The van der Waals surface area contributed by atoms with E-state index in [0.717, 1.165) is 35.8 Å². The van der Waals surface area contributed by atoms with Gasteiger partial charge in [-0.3, -0.25) is 10.2 Å². The van der Waals surface area contributed by atoms with Crippen molar-refractivity contribution in [1.29, 1.82) is 0 Å². The number of ether oxygens (including phenoxy) is 1. The Morgan fingerprint density at radius 2 is 2.14 bits per heavy atom. The average molecular weight is 282 g/mol. The fourth-order valence-corrected chi connectivity index (χ4v) is 2.49. The van der Waals surface area contributed by atoms with Gasteiger partial charge in [0.25, 0.3) is 0 Å². The standard InChI is InChI=1S/C14H14N6O/c1-2-9(12-15-8-16-18-12)6-10(3-1)13-17-14(20-19-13)11-4-5-21-7-11/h1-3,6,8,11H,4-5,7H2,(H,15,16,18)(H,17,19,20)/t11-/m0/s1. The number of rotatable bonds is 3. The molecule has 0 amide bonds. The van der Waals surface area contributed by atoms with Gasteiger partial charge in [0.15, 0.2) is 11.6 Å². The molecule has 1 aliphatic heterocycles. The van der Waals surface area contributed by atoms with Gasteiger partial charge >= 0.3 is 0 Å². The average Bonchev–Trinajstić information content (AvgIpc) is 3.26. The maximum Gasteiger partial charge on any atom is 0.181 e. The molecule has 4 rings (SSSR count). The van der Waals surface area contributed by atoms with E-state index < -0.39 is 0 Å². The summed E-state index contributed by atoms with van der Waals surface area (Å²) in [6, 6.07) is 7.92. The number of H-pyrrole nitrogens is 2. The summed E-state index contributed by atoms with van der Waals surface area (Å²) in [7, 11) is 0. The number of benzene rings is 1. The minimum absolute atomic E-state index is 0.323. The van der Waals surface area contributed by atoms with Crippen molar-refractivity contribution in [1.82, 2.24) is 30.4 Å². The third-order valence-corrected chi connectivity index (χ3v) is 3.63. The van der Waals surface area contributed by atoms with Crippen molar-refractivity contribution in [3.8, 4) is 22.8 Å². The molecule has 0 aliphatic carbocycles. The molecule has 1 fully saturated rings. The van der Waals surface area contributed by atoms with Crippen LogP contribution in [0.4, 0.5) is 0 Å². The van der Waals surface area contributed by atoms with E-state index in [0.29, 0.717) is 18.3 Å². The van der Waals surface area contributed by atoms with Crippen molar-refractivity contribution in [2.45, 2.75) is 12.3 Å². The summed E-state index contributed by atoms with van der Waals surface area (Å²) < 4.78 is 5.39. The van der Waals surface area contributed by atoms with Crippen LogP contribution >= 0.6 is 0 Å². The van der Waals surface area contributed by atoms with E-state index in [1.165, 1.54) is 6.33 Å². The SMILES string of the molecule is c1cc(-c2n[nH]c([C@H]3CCOC3)n2)cc(-c2ncn[nH]2)c1. The number of aromatic amines is 2. The van der Waals surface area contributed by atoms with Crippen LogP contribution in [0.3, 0.4) is 0 Å². The summed E-state index contributed by atoms with van der Waals surface area (Å²) in [4.78, 5) is 8.75. The Labute approximate surface area is 120 Å². The van der Waals surface area contributed by atoms with Crippen LogP contribution in [-0.2, 0) is 4.74 Å². The van der Waals surface area contributed by atoms with Gasteiger partial charge < -0.3 is 4.74 Å². The second-order valence-corrected chi connectivity index (χ2v) is 5.02. The number of hydrogen-bond acceptors (Lipinski definition) is 5. The van der Waals surface area contributed by atoms with Gasteiger partial charge in [0, 0.05) is 23.7 Å². The normalized spacial score (nSPS) is 18.2. The minimum atomic E-state index is 0.323. The molecule has 7 heteroatoms. The molecule has 2 aromatic heterocycles. The minimum Gasteiger partial charge on any atom is -0.381 e. The molecule has 106 valence electrons. The molecule has 1 atom stereocenters. The molecule has 3 heterocycles. The van der Waals surface area contributed by atoms with E-state index in [-0.39, 0.29) is 0 Å². The van der Waals surface area contributed by atoms with Gasteiger partial charge in [-0.05, 0) is 12.5 Å². The monoisotopic (exact) mass is 282 g/mol. The smallest absolute Gasteiger partial charge is 0.181 e. The van der Waals surface area contributed by atoms with Crippen LogP contribution < -0.4 is 0 Å². The lowest BCUT2D eigenvalue weighted by molar-refractivity contribution is 0.193. The first-order valence-electron chi connectivity index (χ1n) is 6.86. The van der Waals surface area contributed by atoms with Gasteiger partial charge in [-0.25, -0.2) is 9.97 Å². The predicted octanol–water partition coefficient (Wildman–Crippen LogP) is 1.76. The summed E-state index contributed by atoms with van der Waals surface area (Å²) in [5.74, 6) is 2.64. The van der Waals surface area contributed by atoms with Gasteiger partial charge in [0.2, 0.25) is 0 Å². The first-order valence-corrected chi connectivity index (χ1v) is 6.86. The third-order valence-electron chi connectivity index (χ3n) is 3.63. The molecule has 1 saturated heterocycles. The molecule has 0 bridgehead atoms. The molecular formula is C14H14N6O. The molecule has 21 heavy (non-hydrogen) atoms. The van der Waals surface area contributed by atoms with Crippen LogP contribution in [0.25, 0.3) is 22.8 Å². The van der Waals surface area contributed by atoms with Crippen molar-refractivity contribution in [2.75, 3.05) is 13.2 Å². The molecule has 2 N–H and O–H groups in total. The van der Waals surface area contributed by atoms with Crippen molar-refractivity contribution in [2.24, 2.45) is 0 Å². The number of aromatic nitrogens is 6. The Bertz CT molecular complexity index is 730. The van der Waals surface area contributed by atoms with Crippen LogP contribution in [0.5, 0.6) is 0 Å². The zero-order valence-corrected chi connectivity index (χ0v) is 11.3. The number of hydrogen-bond donors (Lipinski definition) is 2. The Hall–Kier alpha value is -2.54. The summed E-state index contributed by atoms with van der Waals surface area (Å²) in [6.45, 7) is 1.51. The Kier molecular flexibility index (Phi) is 2.97. The predicted molar refractivity (Wildman–Crippen MR) is 75.4 cm³/mol. The van der Waals surface area contributed by atoms with Crippen LogP contribution in [0, 0.1) is 0 Å². The van der Waals surface area contributed by atoms with E-state index in [2.05, 4.69) is 30.4 Å². The van der Waals surface area contributed by atoms with E-state index in [4.69, 9.17) is 4.74 Å². The molecule has 0 radical (unpaired) electrons. The van der Waals surface area contributed by atoms with Gasteiger partial charge in [0.1, 0.15) is 12.2 Å². The second kappa shape index (κ2) is 5.10. The fraction of sp³-hybridized carbons (Fsp3) is 0.286. The third kappa shape index (κ3) is 2.31. The Morgan fingerprint density at radius 3 is 2.95 bits per heavy atom. The lowest BCUT2D eigenvalue weighted by atomic mass is 10.1. The molecule has 1 aliphatic rings. The molecular weight excluding hydrogens is 268 g/mol. The Balaban J connectivity index is 1.65. The maximum absolute atomic E-state index is 5.39. The molecule has 3 aromatic rings. The van der Waals surface area contributed by atoms with Crippen molar-refractivity contribution >= 4 is 0 Å². The highest BCUT2D eigenvalue weighted by Gasteiger charge is 2.21. The number of nitrogens with zero attached hydrogens (tertiary/aromatic N) is 4. The van der Waals surface area contributed by atoms with E-state index in [9.17, 15) is 0 Å². The molecule has 7 nitrogen and oxygen atoms in total. The highest BCUT2D eigenvalue weighted by Crippen LogP contribution is 2.25. The molecule has 0 unspecified atom stereocenters. The van der Waals surface area contributed by atoms with Crippen LogP contribution in [0.2, 0.25) is 0 Å². The van der Waals surface area contributed by atoms with Crippen molar-refractivity contribution < 1.29 is 4.74 Å².